The van der Waals surface area contributed by atoms with Crippen molar-refractivity contribution in [1.29, 1.82) is 0 Å². The van der Waals surface area contributed by atoms with Crippen molar-refractivity contribution in [3.05, 3.63) is 92.9 Å². The number of fused-ring (bicyclic) bond motifs is 3. The number of hydrogen-bond donors (Lipinski definition) is 5. The first-order valence-electron chi connectivity index (χ1n) is 22.3. The number of aryl methyl sites for hydroxylation is 4. The number of carboxylic acid groups (broad SMARTS) is 3. The minimum atomic E-state index is -3.70. The highest BCUT2D eigenvalue weighted by Crippen LogP contribution is 2.38. The fourth-order valence-electron chi connectivity index (χ4n) is 7.98. The van der Waals surface area contributed by atoms with Gasteiger partial charge in [0.25, 0.3) is 5.56 Å². The molecule has 2 aliphatic rings. The van der Waals surface area contributed by atoms with E-state index in [1.165, 1.54) is 31.5 Å². The number of para-hydroxylation sites is 1. The molecule has 3 aromatic carbocycles. The Kier molecular flexibility index (Phi) is 20.1. The molecule has 0 atom stereocenters. The van der Waals surface area contributed by atoms with Crippen LogP contribution in [-0.2, 0) is 50.7 Å². The molecule has 0 saturated carbocycles. The van der Waals surface area contributed by atoms with Crippen LogP contribution in [0.15, 0.2) is 70.4 Å². The molecule has 0 bridgehead atoms. The summed E-state index contributed by atoms with van der Waals surface area (Å²) >= 11 is 6.27. The molecule has 5 N–H and O–H groups in total. The van der Waals surface area contributed by atoms with E-state index < -0.39 is 46.4 Å². The zero-order chi connectivity index (χ0) is 49.9. The third-order valence-corrected chi connectivity index (χ3v) is 13.5. The Morgan fingerprint density at radius 2 is 1.54 bits per heavy atom. The van der Waals surface area contributed by atoms with Crippen LogP contribution in [0.4, 0.5) is 11.4 Å². The van der Waals surface area contributed by atoms with Gasteiger partial charge < -0.3 is 44.8 Å². The number of H-pyrrole nitrogens is 1. The van der Waals surface area contributed by atoms with Crippen molar-refractivity contribution in [3.63, 3.8) is 0 Å². The van der Waals surface area contributed by atoms with E-state index in [1.54, 1.807) is 25.2 Å². The lowest BCUT2D eigenvalue weighted by atomic mass is 9.96. The minimum absolute atomic E-state index is 0. The van der Waals surface area contributed by atoms with Crippen LogP contribution in [0.5, 0.6) is 5.75 Å². The molecule has 0 spiro atoms. The molecule has 2 aromatic heterocycles. The normalized spacial score (nSPS) is 14.0. The highest BCUT2D eigenvalue weighted by Gasteiger charge is 2.41. The van der Waals surface area contributed by atoms with E-state index in [1.807, 2.05) is 27.0 Å². The fraction of sp³-hybridized carbons (Fsp3) is 0.447. The molecule has 376 valence electrons. The average Bonchev–Trinajstić information content (AvgIpc) is 3.50. The van der Waals surface area contributed by atoms with Gasteiger partial charge in [-0.15, -0.1) is 12.4 Å². The number of piperazine rings is 1. The second kappa shape index (κ2) is 24.8. The van der Waals surface area contributed by atoms with Gasteiger partial charge in [0.05, 0.1) is 35.6 Å². The van der Waals surface area contributed by atoms with Crippen molar-refractivity contribution < 1.29 is 48.0 Å². The molecule has 19 nitrogen and oxygen atoms in total. The Bertz CT molecular complexity index is 2740. The van der Waals surface area contributed by atoms with Gasteiger partial charge in [0.1, 0.15) is 17.1 Å². The topological polar surface area (TPSA) is 252 Å². The van der Waals surface area contributed by atoms with Crippen LogP contribution in [0.25, 0.3) is 22.4 Å². The van der Waals surface area contributed by atoms with Crippen molar-refractivity contribution in [2.75, 3.05) is 71.9 Å². The van der Waals surface area contributed by atoms with Crippen molar-refractivity contribution >= 4 is 74.3 Å². The van der Waals surface area contributed by atoms with Crippen molar-refractivity contribution in [1.82, 2.24) is 33.9 Å². The number of hydrogen-bond acceptors (Lipinski definition) is 13. The molecule has 2 aliphatic heterocycles. The quantitative estimate of drug-likeness (QED) is 0.0840. The first kappa shape index (κ1) is 56.0. The molecule has 0 radical (unpaired) electrons. The maximum absolute atomic E-state index is 13.3. The summed E-state index contributed by atoms with van der Waals surface area (Å²) in [6.07, 6.45) is 2.56. The predicted molar refractivity (Wildman–Crippen MR) is 266 cm³/mol. The van der Waals surface area contributed by atoms with Crippen LogP contribution in [-0.4, -0.2) is 153 Å². The van der Waals surface area contributed by atoms with E-state index in [-0.39, 0.29) is 28.7 Å². The molecule has 69 heavy (non-hydrogen) atoms. The van der Waals surface area contributed by atoms with Gasteiger partial charge in [-0.1, -0.05) is 49.2 Å². The van der Waals surface area contributed by atoms with Gasteiger partial charge >= 0.3 is 17.9 Å². The van der Waals surface area contributed by atoms with Gasteiger partial charge in [0, 0.05) is 56.2 Å². The number of likely N-dealkylation sites (N-methyl/N-ethyl adjacent to an activating group) is 1. The Balaban J connectivity index is 0.000000248. The molecule has 1 saturated heterocycles. The lowest BCUT2D eigenvalue weighted by molar-refractivity contribution is -0.170. The summed E-state index contributed by atoms with van der Waals surface area (Å²) in [4.78, 5) is 57.8. The molecule has 0 amide bonds. The molecule has 0 aliphatic carbocycles. The monoisotopic (exact) mass is 1020 g/mol. The maximum Gasteiger partial charge on any atom is 0.336 e. The molecule has 4 heterocycles. The zero-order valence-corrected chi connectivity index (χ0v) is 42.0. The Morgan fingerprint density at radius 1 is 0.899 bits per heavy atom. The molecule has 22 heteroatoms. The summed E-state index contributed by atoms with van der Waals surface area (Å²) in [5, 5.41) is 39.1. The van der Waals surface area contributed by atoms with Gasteiger partial charge in [-0.3, -0.25) is 19.1 Å². The number of benzene rings is 3. The average molecular weight is 1020 g/mol. The smallest absolute Gasteiger partial charge is 0.336 e. The molecule has 0 unspecified atom stereocenters. The molecule has 1 fully saturated rings. The number of aliphatic hydroxyl groups is 1. The van der Waals surface area contributed by atoms with E-state index in [9.17, 15) is 27.6 Å². The predicted octanol–water partition coefficient (Wildman–Crippen LogP) is 5.31. The standard InChI is InChI=1S/C22H30N6O4S.C19H23ClN2.C6H8O7.ClH/c1-5-7-17-19-20(27(4)25-17)22(29)24-21(23-19)16-14-15(8-9-18(16)32-6-2)33(30,31)28-12-10-26(3)11-13-28;1-21(2)12-5-13-22-18-7-4-3-6-15(18)8-9-16-10-11-17(20)14-19(16)22;7-3(8)1-6(13,5(11)12)2-4(9)10;/h8-9,14H,5-7,10-13H2,1-4H3,(H,23,24,29);3-4,6-7,10-11,14H,5,8-9,12-13H2,1-2H3;13H,1-2H2,(H,7,8)(H,9,10)(H,11,12);1H. The van der Waals surface area contributed by atoms with Crippen molar-refractivity contribution in [2.24, 2.45) is 7.05 Å². The third-order valence-electron chi connectivity index (χ3n) is 11.4. The lowest BCUT2D eigenvalue weighted by Crippen LogP contribution is -2.47. The van der Waals surface area contributed by atoms with Crippen molar-refractivity contribution in [3.8, 4) is 17.1 Å². The number of anilines is 2. The molecule has 7 rings (SSSR count). The lowest BCUT2D eigenvalue weighted by Gasteiger charge is -2.31. The summed E-state index contributed by atoms with van der Waals surface area (Å²) in [6, 6.07) is 19.8. The number of aromatic nitrogens is 4. The summed E-state index contributed by atoms with van der Waals surface area (Å²) in [7, 11) is 4.24. The van der Waals surface area contributed by atoms with Crippen LogP contribution in [0.2, 0.25) is 5.02 Å². The minimum Gasteiger partial charge on any atom is -0.493 e. The number of sulfonamides is 1. The number of aliphatic carboxylic acids is 3. The van der Waals surface area contributed by atoms with E-state index >= 15 is 0 Å². The van der Waals surface area contributed by atoms with Gasteiger partial charge in [0.15, 0.2) is 11.1 Å². The third kappa shape index (κ3) is 14.2. The van der Waals surface area contributed by atoms with Gasteiger partial charge in [0.2, 0.25) is 10.0 Å². The van der Waals surface area contributed by atoms with Gasteiger partial charge in [-0.2, -0.15) is 9.40 Å². The first-order chi connectivity index (χ1) is 32.2. The van der Waals surface area contributed by atoms with E-state index in [0.717, 1.165) is 49.5 Å². The molecule has 5 aromatic rings. The van der Waals surface area contributed by atoms with Gasteiger partial charge in [-0.25, -0.2) is 18.2 Å². The summed E-state index contributed by atoms with van der Waals surface area (Å²) in [5.41, 5.74) is 4.44. The first-order valence-corrected chi connectivity index (χ1v) is 24.1. The Hall–Kier alpha value is -5.61. The Morgan fingerprint density at radius 3 is 2.13 bits per heavy atom. The van der Waals surface area contributed by atoms with Crippen LogP contribution >= 0.6 is 24.0 Å². The van der Waals surface area contributed by atoms with E-state index in [2.05, 4.69) is 75.3 Å². The second-order valence-corrected chi connectivity index (χ2v) is 19.3. The van der Waals surface area contributed by atoms with Crippen LogP contribution in [0.1, 0.15) is 56.4 Å². The summed E-state index contributed by atoms with van der Waals surface area (Å²) < 4.78 is 35.4. The van der Waals surface area contributed by atoms with E-state index in [0.29, 0.717) is 61.6 Å². The number of rotatable bonds is 16. The fourth-order valence-corrected chi connectivity index (χ4v) is 9.59. The SMILES string of the molecule is CCCc1nn(C)c2c(=O)[nH]c(-c3cc(S(=O)(=O)N4CCN(C)CC4)ccc3OCC)nc12.CN(C)CCCN1c2ccccc2CCc2ccc(Cl)cc21.Cl.O=C(O)CC(O)(CC(=O)O)C(=O)O. The highest BCUT2D eigenvalue weighted by atomic mass is 35.5. The second-order valence-electron chi connectivity index (χ2n) is 16.9. The summed E-state index contributed by atoms with van der Waals surface area (Å²) in [6.45, 7) is 8.59. The summed E-state index contributed by atoms with van der Waals surface area (Å²) in [5.74, 6) is -4.30. The van der Waals surface area contributed by atoms with Crippen LogP contribution < -0.4 is 15.2 Å². The van der Waals surface area contributed by atoms with E-state index in [4.69, 9.17) is 41.7 Å². The zero-order valence-electron chi connectivity index (χ0n) is 39.6. The maximum atomic E-state index is 13.3. The highest BCUT2D eigenvalue weighted by molar-refractivity contribution is 7.89. The number of aromatic amines is 1. The molecular weight excluding hydrogens is 956 g/mol. The number of nitrogens with zero attached hydrogens (tertiary/aromatic N) is 7. The van der Waals surface area contributed by atoms with Gasteiger partial charge in [-0.05, 0) is 108 Å². The Labute approximate surface area is 412 Å². The van der Waals surface area contributed by atoms with Crippen LogP contribution in [0, 0.1) is 0 Å². The number of nitrogens with one attached hydrogen (secondary N) is 1. The largest absolute Gasteiger partial charge is 0.493 e. The number of carbonyl (C=O) groups is 3. The van der Waals surface area contributed by atoms with Crippen molar-refractivity contribution in [2.45, 2.75) is 69.3 Å². The van der Waals surface area contributed by atoms with Crippen LogP contribution in [0.3, 0.4) is 0 Å². The number of halogens is 2. The number of carboxylic acids is 3. The molecular formula is C47H62Cl2N8O11S. The number of ether oxygens (including phenoxy) is 1.